The molecule has 164 valence electrons. The second-order valence-electron chi connectivity index (χ2n) is 7.10. The molecule has 0 bridgehead atoms. The first-order chi connectivity index (χ1) is 15.1. The van der Waals surface area contributed by atoms with Gasteiger partial charge in [-0.3, -0.25) is 19.2 Å². The Kier molecular flexibility index (Phi) is 6.55. The number of esters is 1. The Labute approximate surface area is 177 Å². The number of nitrogens with one attached hydrogen (secondary N) is 1. The minimum Gasteiger partial charge on any atom is -0.460 e. The van der Waals surface area contributed by atoms with E-state index in [1.807, 2.05) is 12.1 Å². The van der Waals surface area contributed by atoms with Crippen LogP contribution in [0.1, 0.15) is 15.9 Å². The number of H-pyrrole nitrogens is 1. The largest absolute Gasteiger partial charge is 0.460 e. The standard InChI is InChI=1S/C20H24N6O5/c21-20-23-17-16(18(27)24-20)22-12-26(17)13-30-9-10-31-19(28)15-3-1-14(2-4-15)11-25-5-7-29-8-6-25/h1-4,12H,5-11,13H2,(H3,21,23,24,27). The van der Waals surface area contributed by atoms with Crippen molar-refractivity contribution in [3.05, 3.63) is 52.1 Å². The summed E-state index contributed by atoms with van der Waals surface area (Å²) >= 11 is 0. The first kappa shape index (κ1) is 21.0. The van der Waals surface area contributed by atoms with E-state index in [1.165, 1.54) is 6.33 Å². The molecule has 11 heteroatoms. The molecule has 1 aromatic carbocycles. The SMILES string of the molecule is Nc1nc2c(ncn2COCCOC(=O)c2ccc(CN3CCOCC3)cc2)c(=O)[nH]1. The lowest BCUT2D eigenvalue weighted by atomic mass is 10.1. The number of hydrogen-bond acceptors (Lipinski definition) is 9. The van der Waals surface area contributed by atoms with Crippen molar-refractivity contribution >= 4 is 23.1 Å². The molecular weight excluding hydrogens is 404 g/mol. The van der Waals surface area contributed by atoms with Crippen LogP contribution in [0, 0.1) is 0 Å². The molecule has 2 aromatic heterocycles. The van der Waals surface area contributed by atoms with Gasteiger partial charge < -0.3 is 19.9 Å². The Hall–Kier alpha value is -3.28. The summed E-state index contributed by atoms with van der Waals surface area (Å²) in [6, 6.07) is 7.41. The monoisotopic (exact) mass is 428 g/mol. The second-order valence-corrected chi connectivity index (χ2v) is 7.10. The van der Waals surface area contributed by atoms with Crippen molar-refractivity contribution in [2.75, 3.05) is 45.3 Å². The molecule has 1 saturated heterocycles. The van der Waals surface area contributed by atoms with Crippen molar-refractivity contribution in [3.8, 4) is 0 Å². The number of benzene rings is 1. The molecule has 0 unspecified atom stereocenters. The quantitative estimate of drug-likeness (QED) is 0.385. The molecule has 0 saturated carbocycles. The number of morpholine rings is 1. The number of ether oxygens (including phenoxy) is 3. The minimum atomic E-state index is -0.411. The van der Waals surface area contributed by atoms with Crippen LogP contribution in [-0.2, 0) is 27.5 Å². The van der Waals surface area contributed by atoms with E-state index in [-0.39, 0.29) is 31.4 Å². The van der Waals surface area contributed by atoms with Crippen molar-refractivity contribution in [1.29, 1.82) is 0 Å². The molecule has 4 rings (SSSR count). The number of aromatic nitrogens is 4. The van der Waals surface area contributed by atoms with Gasteiger partial charge in [-0.15, -0.1) is 0 Å². The fourth-order valence-electron chi connectivity index (χ4n) is 3.27. The molecule has 1 aliphatic heterocycles. The molecule has 0 aliphatic carbocycles. The fraction of sp³-hybridized carbons (Fsp3) is 0.400. The lowest BCUT2D eigenvalue weighted by Crippen LogP contribution is -2.35. The number of hydrogen-bond donors (Lipinski definition) is 2. The number of nitrogens with two attached hydrogens (primary N) is 1. The van der Waals surface area contributed by atoms with Crippen molar-refractivity contribution in [3.63, 3.8) is 0 Å². The first-order valence-electron chi connectivity index (χ1n) is 9.95. The molecule has 11 nitrogen and oxygen atoms in total. The Morgan fingerprint density at radius 2 is 1.97 bits per heavy atom. The van der Waals surface area contributed by atoms with Gasteiger partial charge in [0.15, 0.2) is 11.2 Å². The Balaban J connectivity index is 1.21. The van der Waals surface area contributed by atoms with Crippen molar-refractivity contribution < 1.29 is 19.0 Å². The van der Waals surface area contributed by atoms with Crippen LogP contribution < -0.4 is 11.3 Å². The van der Waals surface area contributed by atoms with E-state index in [9.17, 15) is 9.59 Å². The molecule has 0 spiro atoms. The van der Waals surface area contributed by atoms with Gasteiger partial charge in [0.2, 0.25) is 5.95 Å². The smallest absolute Gasteiger partial charge is 0.338 e. The number of nitrogens with zero attached hydrogens (tertiary/aromatic N) is 4. The molecule has 31 heavy (non-hydrogen) atoms. The third kappa shape index (κ3) is 5.26. The summed E-state index contributed by atoms with van der Waals surface area (Å²) in [7, 11) is 0. The van der Waals surface area contributed by atoms with Crippen molar-refractivity contribution in [2.45, 2.75) is 13.3 Å². The first-order valence-corrected chi connectivity index (χ1v) is 9.95. The van der Waals surface area contributed by atoms with Crippen molar-refractivity contribution in [2.24, 2.45) is 0 Å². The maximum absolute atomic E-state index is 12.2. The summed E-state index contributed by atoms with van der Waals surface area (Å²) in [6.07, 6.45) is 1.44. The second kappa shape index (κ2) is 9.69. The molecule has 0 atom stereocenters. The van der Waals surface area contributed by atoms with Crippen LogP contribution in [0.2, 0.25) is 0 Å². The molecule has 1 aliphatic rings. The number of rotatable bonds is 8. The summed E-state index contributed by atoms with van der Waals surface area (Å²) in [5.41, 5.74) is 7.29. The Morgan fingerprint density at radius 3 is 2.74 bits per heavy atom. The Morgan fingerprint density at radius 1 is 1.19 bits per heavy atom. The van der Waals surface area contributed by atoms with Crippen LogP contribution in [0.15, 0.2) is 35.4 Å². The number of carbonyl (C=O) groups is 1. The molecule has 0 radical (unpaired) electrons. The molecule has 3 N–H and O–H groups in total. The van der Waals surface area contributed by atoms with E-state index in [1.54, 1.807) is 16.7 Å². The van der Waals surface area contributed by atoms with Gasteiger partial charge in [-0.2, -0.15) is 4.98 Å². The maximum Gasteiger partial charge on any atom is 0.338 e. The van der Waals surface area contributed by atoms with Crippen LogP contribution >= 0.6 is 0 Å². The zero-order valence-electron chi connectivity index (χ0n) is 17.0. The van der Waals surface area contributed by atoms with Crippen LogP contribution in [0.25, 0.3) is 11.2 Å². The molecule has 3 heterocycles. The van der Waals surface area contributed by atoms with Crippen LogP contribution in [0.4, 0.5) is 5.95 Å². The lowest BCUT2D eigenvalue weighted by molar-refractivity contribution is 0.0181. The highest BCUT2D eigenvalue weighted by Crippen LogP contribution is 2.10. The third-order valence-corrected chi connectivity index (χ3v) is 4.88. The minimum absolute atomic E-state index is 0.00384. The normalized spacial score (nSPS) is 14.7. The highest BCUT2D eigenvalue weighted by Gasteiger charge is 2.12. The van der Waals surface area contributed by atoms with Gasteiger partial charge in [0.1, 0.15) is 13.3 Å². The number of fused-ring (bicyclic) bond motifs is 1. The number of imidazole rings is 1. The molecule has 3 aromatic rings. The van der Waals surface area contributed by atoms with E-state index in [0.717, 1.165) is 38.4 Å². The van der Waals surface area contributed by atoms with E-state index in [4.69, 9.17) is 19.9 Å². The highest BCUT2D eigenvalue weighted by molar-refractivity contribution is 5.89. The average molecular weight is 428 g/mol. The van der Waals surface area contributed by atoms with E-state index < -0.39 is 11.5 Å². The maximum atomic E-state index is 12.2. The van der Waals surface area contributed by atoms with Crippen molar-refractivity contribution in [1.82, 2.24) is 24.4 Å². The molecular formula is C20H24N6O5. The van der Waals surface area contributed by atoms with Crippen LogP contribution in [0.5, 0.6) is 0 Å². The van der Waals surface area contributed by atoms with Gasteiger partial charge in [0.25, 0.3) is 5.56 Å². The summed E-state index contributed by atoms with van der Waals surface area (Å²) in [5, 5.41) is 0. The van der Waals surface area contributed by atoms with E-state index >= 15 is 0 Å². The summed E-state index contributed by atoms with van der Waals surface area (Å²) in [6.45, 7) is 4.55. The van der Waals surface area contributed by atoms with Crippen LogP contribution in [0.3, 0.4) is 0 Å². The van der Waals surface area contributed by atoms with Gasteiger partial charge in [-0.05, 0) is 17.7 Å². The lowest BCUT2D eigenvalue weighted by Gasteiger charge is -2.26. The number of anilines is 1. The number of nitrogen functional groups attached to an aromatic ring is 1. The highest BCUT2D eigenvalue weighted by atomic mass is 16.6. The molecule has 0 amide bonds. The number of aromatic amines is 1. The van der Waals surface area contributed by atoms with E-state index in [2.05, 4.69) is 19.9 Å². The zero-order valence-corrected chi connectivity index (χ0v) is 17.0. The third-order valence-electron chi connectivity index (χ3n) is 4.88. The fourth-order valence-corrected chi connectivity index (χ4v) is 3.27. The summed E-state index contributed by atoms with van der Waals surface area (Å²) < 4.78 is 17.7. The summed E-state index contributed by atoms with van der Waals surface area (Å²) in [5.74, 6) is -0.403. The average Bonchev–Trinajstić information content (AvgIpc) is 3.18. The Bertz CT molecular complexity index is 1090. The topological polar surface area (TPSA) is 138 Å². The number of carbonyl (C=O) groups excluding carboxylic acids is 1. The van der Waals surface area contributed by atoms with E-state index in [0.29, 0.717) is 11.2 Å². The summed E-state index contributed by atoms with van der Waals surface area (Å²) in [4.78, 5) is 36.7. The zero-order chi connectivity index (χ0) is 21.6. The van der Waals surface area contributed by atoms with Gasteiger partial charge >= 0.3 is 5.97 Å². The van der Waals surface area contributed by atoms with Gasteiger partial charge in [-0.1, -0.05) is 12.1 Å². The van der Waals surface area contributed by atoms with Gasteiger partial charge in [0.05, 0.1) is 31.7 Å². The predicted octanol–water partition coefficient (Wildman–Crippen LogP) is 0.365. The van der Waals surface area contributed by atoms with Gasteiger partial charge in [-0.25, -0.2) is 9.78 Å². The predicted molar refractivity (Wildman–Crippen MR) is 111 cm³/mol. The molecule has 1 fully saturated rings. The van der Waals surface area contributed by atoms with Crippen LogP contribution in [-0.4, -0.2) is 69.9 Å². The van der Waals surface area contributed by atoms with Gasteiger partial charge in [0, 0.05) is 19.6 Å².